The van der Waals surface area contributed by atoms with Crippen LogP contribution in [0.3, 0.4) is 0 Å². The van der Waals surface area contributed by atoms with E-state index < -0.39 is 17.0 Å². The van der Waals surface area contributed by atoms with Crippen molar-refractivity contribution in [1.29, 1.82) is 0 Å². The molecule has 0 radical (unpaired) electrons. The van der Waals surface area contributed by atoms with Gasteiger partial charge in [-0.25, -0.2) is 4.39 Å². The number of carbonyl (C=O) groups excluding carboxylic acids is 2. The molecule has 0 unspecified atom stereocenters. The lowest BCUT2D eigenvalue weighted by Crippen LogP contribution is -2.27. The van der Waals surface area contributed by atoms with E-state index in [1.54, 1.807) is 0 Å². The molecule has 0 aliphatic carbocycles. The topological polar surface area (TPSA) is 57.6 Å². The summed E-state index contributed by atoms with van der Waals surface area (Å²) in [7, 11) is 0. The molecule has 0 bridgehead atoms. The second-order valence-corrected chi connectivity index (χ2v) is 8.01. The third kappa shape index (κ3) is 4.05. The van der Waals surface area contributed by atoms with Crippen LogP contribution in [0.15, 0.2) is 29.2 Å². The lowest BCUT2D eigenvalue weighted by Gasteiger charge is -2.13. The standard InChI is InChI=1S/C17H8Cl4FNO3S/c18-10-3-8(22)2-1-7(10)6-23-16(25)13(27-17(23)26)4-9-11(19)5-12(20)15(24)14(9)21/h1-5,24H,6H2/b13-4-. The number of phenolic OH excluding ortho intramolecular Hbond substituents is 1. The number of hydrogen-bond donors (Lipinski definition) is 1. The van der Waals surface area contributed by atoms with Crippen LogP contribution in [0.1, 0.15) is 11.1 Å². The van der Waals surface area contributed by atoms with Gasteiger partial charge in [-0.1, -0.05) is 52.5 Å². The molecule has 27 heavy (non-hydrogen) atoms. The third-order valence-corrected chi connectivity index (χ3v) is 5.92. The van der Waals surface area contributed by atoms with E-state index in [1.807, 2.05) is 0 Å². The maximum absolute atomic E-state index is 13.2. The minimum absolute atomic E-state index is 0.0405. The van der Waals surface area contributed by atoms with E-state index in [2.05, 4.69) is 0 Å². The average Bonchev–Trinajstić information content (AvgIpc) is 2.86. The molecule has 3 rings (SSSR count). The van der Waals surface area contributed by atoms with Crippen LogP contribution in [0.4, 0.5) is 9.18 Å². The van der Waals surface area contributed by atoms with Crippen molar-refractivity contribution in [2.75, 3.05) is 0 Å². The quantitative estimate of drug-likeness (QED) is 0.533. The Hall–Kier alpha value is -1.44. The molecule has 2 amide bonds. The van der Waals surface area contributed by atoms with Crippen molar-refractivity contribution in [2.24, 2.45) is 0 Å². The van der Waals surface area contributed by atoms with E-state index >= 15 is 0 Å². The highest BCUT2D eigenvalue weighted by Crippen LogP contribution is 2.42. The molecule has 1 heterocycles. The predicted molar refractivity (Wildman–Crippen MR) is 106 cm³/mol. The van der Waals surface area contributed by atoms with Crippen LogP contribution in [-0.2, 0) is 11.3 Å². The Balaban J connectivity index is 1.93. The largest absolute Gasteiger partial charge is 0.505 e. The van der Waals surface area contributed by atoms with Crippen molar-refractivity contribution in [3.8, 4) is 5.75 Å². The minimum Gasteiger partial charge on any atom is -0.505 e. The van der Waals surface area contributed by atoms with Gasteiger partial charge in [0, 0.05) is 10.6 Å². The fourth-order valence-electron chi connectivity index (χ4n) is 2.31. The summed E-state index contributed by atoms with van der Waals surface area (Å²) in [6, 6.07) is 4.96. The molecule has 1 aliphatic heterocycles. The molecular weight excluding hydrogens is 459 g/mol. The number of amides is 2. The van der Waals surface area contributed by atoms with Gasteiger partial charge >= 0.3 is 0 Å². The van der Waals surface area contributed by atoms with Crippen molar-refractivity contribution >= 4 is 75.4 Å². The van der Waals surface area contributed by atoms with Crippen LogP contribution in [-0.4, -0.2) is 21.2 Å². The Bertz CT molecular complexity index is 1010. The van der Waals surface area contributed by atoms with Gasteiger partial charge in [0.15, 0.2) is 5.75 Å². The minimum atomic E-state index is -0.591. The first kappa shape index (κ1) is 20.3. The normalized spacial score (nSPS) is 15.9. The maximum Gasteiger partial charge on any atom is 0.293 e. The SMILES string of the molecule is O=C1S/C(=C\c2c(Cl)cc(Cl)c(O)c2Cl)C(=O)N1Cc1ccc(F)cc1Cl. The van der Waals surface area contributed by atoms with Gasteiger partial charge in [0.25, 0.3) is 11.1 Å². The van der Waals surface area contributed by atoms with Crippen molar-refractivity contribution in [3.05, 3.63) is 66.2 Å². The Labute approximate surface area is 177 Å². The van der Waals surface area contributed by atoms with Gasteiger partial charge in [-0.3, -0.25) is 14.5 Å². The van der Waals surface area contributed by atoms with Gasteiger partial charge in [-0.2, -0.15) is 0 Å². The lowest BCUT2D eigenvalue weighted by atomic mass is 10.1. The van der Waals surface area contributed by atoms with Crippen LogP contribution >= 0.6 is 58.2 Å². The molecule has 1 aliphatic rings. The first-order valence-electron chi connectivity index (χ1n) is 7.24. The number of imide groups is 1. The van der Waals surface area contributed by atoms with Crippen molar-refractivity contribution in [2.45, 2.75) is 6.54 Å². The zero-order valence-electron chi connectivity index (χ0n) is 13.1. The maximum atomic E-state index is 13.2. The fraction of sp³-hybridized carbons (Fsp3) is 0.0588. The van der Waals surface area contributed by atoms with Crippen LogP contribution in [0.2, 0.25) is 20.1 Å². The zero-order valence-corrected chi connectivity index (χ0v) is 16.9. The summed E-state index contributed by atoms with van der Waals surface area (Å²) >= 11 is 24.5. The third-order valence-electron chi connectivity index (χ3n) is 3.67. The number of nitrogens with zero attached hydrogens (tertiary/aromatic N) is 1. The first-order chi connectivity index (χ1) is 12.7. The number of aromatic hydroxyl groups is 1. The highest BCUT2D eigenvalue weighted by Gasteiger charge is 2.35. The molecule has 1 fully saturated rings. The molecule has 0 spiro atoms. The molecular formula is C17H8Cl4FNO3S. The summed E-state index contributed by atoms with van der Waals surface area (Å²) in [6.07, 6.45) is 1.30. The Morgan fingerprint density at radius 1 is 1.07 bits per heavy atom. The monoisotopic (exact) mass is 465 g/mol. The zero-order chi connectivity index (χ0) is 19.9. The van der Waals surface area contributed by atoms with Crippen LogP contribution in [0.25, 0.3) is 6.08 Å². The Morgan fingerprint density at radius 3 is 2.44 bits per heavy atom. The number of rotatable bonds is 3. The number of phenols is 1. The van der Waals surface area contributed by atoms with E-state index in [4.69, 9.17) is 46.4 Å². The fourth-order valence-corrected chi connectivity index (χ4v) is 4.23. The number of thioether (sulfide) groups is 1. The number of halogens is 5. The van der Waals surface area contributed by atoms with E-state index in [9.17, 15) is 19.1 Å². The van der Waals surface area contributed by atoms with Crippen molar-refractivity contribution in [1.82, 2.24) is 4.90 Å². The second kappa shape index (κ2) is 7.89. The van der Waals surface area contributed by atoms with Crippen LogP contribution in [0.5, 0.6) is 5.75 Å². The highest BCUT2D eigenvalue weighted by atomic mass is 35.5. The van der Waals surface area contributed by atoms with Crippen molar-refractivity contribution < 1.29 is 19.1 Å². The van der Waals surface area contributed by atoms with Crippen LogP contribution < -0.4 is 0 Å². The smallest absolute Gasteiger partial charge is 0.293 e. The summed E-state index contributed by atoms with van der Waals surface area (Å²) in [5, 5.41) is 9.34. The summed E-state index contributed by atoms with van der Waals surface area (Å²) in [5.74, 6) is -1.50. The molecule has 2 aromatic rings. The van der Waals surface area contributed by atoms with Gasteiger partial charge in [-0.15, -0.1) is 0 Å². The second-order valence-electron chi connectivity index (χ2n) is 5.42. The number of hydrogen-bond acceptors (Lipinski definition) is 4. The van der Waals surface area contributed by atoms with Gasteiger partial charge < -0.3 is 5.11 Å². The summed E-state index contributed by atoms with van der Waals surface area (Å²) in [5.41, 5.74) is 0.576. The van der Waals surface area contributed by atoms with E-state index in [0.717, 1.165) is 11.0 Å². The van der Waals surface area contributed by atoms with Crippen molar-refractivity contribution in [3.63, 3.8) is 0 Å². The van der Waals surface area contributed by atoms with Gasteiger partial charge in [-0.05, 0) is 41.6 Å². The predicted octanol–water partition coefficient (Wildman–Crippen LogP) is 6.38. The summed E-state index contributed by atoms with van der Waals surface area (Å²) in [4.78, 5) is 25.9. The molecule has 1 saturated heterocycles. The van der Waals surface area contributed by atoms with E-state index in [-0.39, 0.29) is 42.9 Å². The number of benzene rings is 2. The average molecular weight is 467 g/mol. The van der Waals surface area contributed by atoms with Crippen LogP contribution in [0, 0.1) is 5.82 Å². The first-order valence-corrected chi connectivity index (χ1v) is 9.57. The molecule has 0 aromatic heterocycles. The highest BCUT2D eigenvalue weighted by molar-refractivity contribution is 8.18. The van der Waals surface area contributed by atoms with Gasteiger partial charge in [0.2, 0.25) is 0 Å². The molecule has 4 nitrogen and oxygen atoms in total. The summed E-state index contributed by atoms with van der Waals surface area (Å²) < 4.78 is 13.2. The molecule has 140 valence electrons. The molecule has 1 N–H and O–H groups in total. The number of carbonyl (C=O) groups is 2. The summed E-state index contributed by atoms with van der Waals surface area (Å²) in [6.45, 7) is -0.117. The molecule has 10 heteroatoms. The Morgan fingerprint density at radius 2 is 1.78 bits per heavy atom. The molecule has 0 atom stereocenters. The van der Waals surface area contributed by atoms with Gasteiger partial charge in [0.1, 0.15) is 5.82 Å². The molecule has 2 aromatic carbocycles. The van der Waals surface area contributed by atoms with E-state index in [0.29, 0.717) is 17.3 Å². The molecule has 0 saturated carbocycles. The lowest BCUT2D eigenvalue weighted by molar-refractivity contribution is -0.123. The Kier molecular flexibility index (Phi) is 5.93. The van der Waals surface area contributed by atoms with E-state index in [1.165, 1.54) is 24.3 Å². The van der Waals surface area contributed by atoms with Gasteiger partial charge in [0.05, 0.1) is 26.5 Å².